The van der Waals surface area contributed by atoms with Crippen molar-refractivity contribution in [1.82, 2.24) is 14.3 Å². The second kappa shape index (κ2) is 7.03. The van der Waals surface area contributed by atoms with Crippen LogP contribution in [0.1, 0.15) is 25.5 Å². The number of fused-ring (bicyclic) bond motifs is 1. The summed E-state index contributed by atoms with van der Waals surface area (Å²) in [5.74, 6) is 1.11. The van der Waals surface area contributed by atoms with E-state index in [0.717, 1.165) is 35.4 Å². The summed E-state index contributed by atoms with van der Waals surface area (Å²) in [7, 11) is -3.13. The van der Waals surface area contributed by atoms with Crippen LogP contribution in [0.3, 0.4) is 0 Å². The normalized spacial score (nSPS) is 16.7. The van der Waals surface area contributed by atoms with Gasteiger partial charge in [0.2, 0.25) is 10.0 Å². The van der Waals surface area contributed by atoms with Crippen molar-refractivity contribution in [2.45, 2.75) is 26.7 Å². The Morgan fingerprint density at radius 2 is 1.67 bits per heavy atom. The Hall–Kier alpha value is -1.73. The van der Waals surface area contributed by atoms with Crippen molar-refractivity contribution >= 4 is 26.9 Å². The number of piperazine rings is 1. The summed E-state index contributed by atoms with van der Waals surface area (Å²) in [6.07, 6.45) is 1.61. The molecular formula is C17H24N4O2S. The molecule has 130 valence electrons. The van der Waals surface area contributed by atoms with Crippen LogP contribution in [-0.2, 0) is 10.0 Å². The van der Waals surface area contributed by atoms with E-state index in [4.69, 9.17) is 4.98 Å². The molecule has 1 aromatic carbocycles. The second-order valence-electron chi connectivity index (χ2n) is 6.18. The first kappa shape index (κ1) is 17.1. The average Bonchev–Trinajstić information content (AvgIpc) is 2.59. The Kier molecular flexibility index (Phi) is 5.01. The molecule has 0 bridgehead atoms. The third-order valence-corrected chi connectivity index (χ3v) is 6.36. The smallest absolute Gasteiger partial charge is 0.214 e. The lowest BCUT2D eigenvalue weighted by Gasteiger charge is -2.35. The van der Waals surface area contributed by atoms with Crippen molar-refractivity contribution in [2.24, 2.45) is 0 Å². The first-order chi connectivity index (χ1) is 11.5. The molecule has 1 aromatic heterocycles. The van der Waals surface area contributed by atoms with Crippen LogP contribution in [0.2, 0.25) is 0 Å². The van der Waals surface area contributed by atoms with Crippen LogP contribution in [0.4, 0.5) is 5.82 Å². The number of aryl methyl sites for hydroxylation is 1. The molecule has 2 aromatic rings. The highest BCUT2D eigenvalue weighted by Gasteiger charge is 2.27. The largest absolute Gasteiger partial charge is 0.352 e. The maximum Gasteiger partial charge on any atom is 0.214 e. The maximum absolute atomic E-state index is 12.3. The number of unbranched alkanes of at least 4 members (excludes halogenated alkanes) is 1. The van der Waals surface area contributed by atoms with Crippen molar-refractivity contribution < 1.29 is 8.42 Å². The molecule has 0 saturated carbocycles. The van der Waals surface area contributed by atoms with Crippen molar-refractivity contribution in [2.75, 3.05) is 36.8 Å². The number of aromatic nitrogens is 2. The molecule has 1 aliphatic rings. The number of rotatable bonds is 5. The fraction of sp³-hybridized carbons (Fsp3) is 0.529. The summed E-state index contributed by atoms with van der Waals surface area (Å²) in [4.78, 5) is 11.5. The number of anilines is 1. The fourth-order valence-corrected chi connectivity index (χ4v) is 4.64. The Balaban J connectivity index is 1.74. The zero-order valence-electron chi connectivity index (χ0n) is 14.3. The molecule has 7 heteroatoms. The molecule has 1 fully saturated rings. The summed E-state index contributed by atoms with van der Waals surface area (Å²) < 4.78 is 26.2. The minimum atomic E-state index is -3.13. The van der Waals surface area contributed by atoms with Crippen molar-refractivity contribution in [3.63, 3.8) is 0 Å². The van der Waals surface area contributed by atoms with E-state index in [0.29, 0.717) is 26.2 Å². The molecular weight excluding hydrogens is 324 g/mol. The van der Waals surface area contributed by atoms with Crippen molar-refractivity contribution in [3.05, 3.63) is 30.0 Å². The number of hydrogen-bond donors (Lipinski definition) is 0. The molecule has 0 unspecified atom stereocenters. The lowest BCUT2D eigenvalue weighted by molar-refractivity contribution is 0.383. The van der Waals surface area contributed by atoms with Gasteiger partial charge in [0.05, 0.1) is 22.5 Å². The molecule has 2 heterocycles. The number of hydrogen-bond acceptors (Lipinski definition) is 5. The zero-order chi connectivity index (χ0) is 17.2. The van der Waals surface area contributed by atoms with Gasteiger partial charge < -0.3 is 4.90 Å². The third kappa shape index (κ3) is 3.52. The van der Waals surface area contributed by atoms with Crippen LogP contribution in [0.25, 0.3) is 11.0 Å². The molecule has 6 nitrogen and oxygen atoms in total. The van der Waals surface area contributed by atoms with Crippen molar-refractivity contribution in [1.29, 1.82) is 0 Å². The van der Waals surface area contributed by atoms with Crippen LogP contribution in [0.15, 0.2) is 24.3 Å². The van der Waals surface area contributed by atoms with Crippen LogP contribution in [0.5, 0.6) is 0 Å². The SMILES string of the molecule is CCCCS(=O)(=O)N1CCN(c2nc3ccccc3nc2C)CC1. The molecule has 0 aliphatic carbocycles. The van der Waals surface area contributed by atoms with Gasteiger partial charge in [-0.15, -0.1) is 0 Å². The molecule has 1 aliphatic heterocycles. The molecule has 24 heavy (non-hydrogen) atoms. The monoisotopic (exact) mass is 348 g/mol. The van der Waals surface area contributed by atoms with E-state index in [1.165, 1.54) is 0 Å². The Labute approximate surface area is 143 Å². The first-order valence-electron chi connectivity index (χ1n) is 8.47. The molecule has 0 N–H and O–H groups in total. The molecule has 3 rings (SSSR count). The number of sulfonamides is 1. The highest BCUT2D eigenvalue weighted by atomic mass is 32.2. The highest BCUT2D eigenvalue weighted by molar-refractivity contribution is 7.89. The number of nitrogens with zero attached hydrogens (tertiary/aromatic N) is 4. The standard InChI is InChI=1S/C17H24N4O2S/c1-3-4-13-24(22,23)21-11-9-20(10-12-21)17-14(2)18-15-7-5-6-8-16(15)19-17/h5-8H,3-4,9-13H2,1-2H3. The highest BCUT2D eigenvalue weighted by Crippen LogP contribution is 2.22. The van der Waals surface area contributed by atoms with Gasteiger partial charge in [-0.25, -0.2) is 18.4 Å². The first-order valence-corrected chi connectivity index (χ1v) is 10.1. The van der Waals surface area contributed by atoms with Crippen LogP contribution in [0, 0.1) is 6.92 Å². The van der Waals surface area contributed by atoms with Crippen LogP contribution >= 0.6 is 0 Å². The molecule has 0 radical (unpaired) electrons. The van der Waals surface area contributed by atoms with E-state index >= 15 is 0 Å². The van der Waals surface area contributed by atoms with Gasteiger partial charge in [0.15, 0.2) is 5.82 Å². The Morgan fingerprint density at radius 3 is 2.29 bits per heavy atom. The van der Waals surface area contributed by atoms with E-state index in [9.17, 15) is 8.42 Å². The van der Waals surface area contributed by atoms with Gasteiger partial charge >= 0.3 is 0 Å². The van der Waals surface area contributed by atoms with E-state index in [-0.39, 0.29) is 5.75 Å². The summed E-state index contributed by atoms with van der Waals surface area (Å²) in [5, 5.41) is 0. The number of benzene rings is 1. The number of para-hydroxylation sites is 2. The third-order valence-electron chi connectivity index (χ3n) is 4.41. The summed E-state index contributed by atoms with van der Waals surface area (Å²) in [6, 6.07) is 7.82. The van der Waals surface area contributed by atoms with E-state index in [2.05, 4.69) is 9.88 Å². The molecule has 0 atom stereocenters. The van der Waals surface area contributed by atoms with E-state index in [1.54, 1.807) is 4.31 Å². The Morgan fingerprint density at radius 1 is 1.04 bits per heavy atom. The summed E-state index contributed by atoms with van der Waals surface area (Å²) in [5.41, 5.74) is 2.65. The van der Waals surface area contributed by atoms with E-state index < -0.39 is 10.0 Å². The average molecular weight is 348 g/mol. The van der Waals surface area contributed by atoms with Gasteiger partial charge in [0.1, 0.15) is 0 Å². The maximum atomic E-state index is 12.3. The predicted molar refractivity (Wildman–Crippen MR) is 96.8 cm³/mol. The minimum Gasteiger partial charge on any atom is -0.352 e. The zero-order valence-corrected chi connectivity index (χ0v) is 15.1. The predicted octanol–water partition coefficient (Wildman–Crippen LogP) is 2.19. The van der Waals surface area contributed by atoms with Crippen molar-refractivity contribution in [3.8, 4) is 0 Å². The van der Waals surface area contributed by atoms with Crippen LogP contribution < -0.4 is 4.90 Å². The fourth-order valence-electron chi connectivity index (χ4n) is 3.01. The van der Waals surface area contributed by atoms with Gasteiger partial charge in [0, 0.05) is 26.2 Å². The quantitative estimate of drug-likeness (QED) is 0.829. The van der Waals surface area contributed by atoms with Gasteiger partial charge in [-0.05, 0) is 25.5 Å². The van der Waals surface area contributed by atoms with Crippen LogP contribution in [-0.4, -0.2) is 54.6 Å². The van der Waals surface area contributed by atoms with E-state index in [1.807, 2.05) is 38.1 Å². The topological polar surface area (TPSA) is 66.4 Å². The van der Waals surface area contributed by atoms with Gasteiger partial charge in [0.25, 0.3) is 0 Å². The lowest BCUT2D eigenvalue weighted by Crippen LogP contribution is -2.49. The lowest BCUT2D eigenvalue weighted by atomic mass is 10.2. The minimum absolute atomic E-state index is 0.248. The molecule has 1 saturated heterocycles. The Bertz CT molecular complexity index is 814. The summed E-state index contributed by atoms with van der Waals surface area (Å²) >= 11 is 0. The molecule has 0 spiro atoms. The molecule has 0 amide bonds. The van der Waals surface area contributed by atoms with Gasteiger partial charge in [-0.2, -0.15) is 4.31 Å². The van der Waals surface area contributed by atoms with Gasteiger partial charge in [-0.3, -0.25) is 0 Å². The second-order valence-corrected chi connectivity index (χ2v) is 8.27. The van der Waals surface area contributed by atoms with Gasteiger partial charge in [-0.1, -0.05) is 25.5 Å². The summed E-state index contributed by atoms with van der Waals surface area (Å²) in [6.45, 7) is 6.30.